The Morgan fingerprint density at radius 1 is 1.75 bits per heavy atom. The molecule has 1 N–H and O–H groups in total. The monoisotopic (exact) mass is 190 g/mol. The molecular weight excluding hydrogens is 180 g/mol. The van der Waals surface area contributed by atoms with E-state index in [2.05, 4.69) is 6.58 Å². The summed E-state index contributed by atoms with van der Waals surface area (Å²) in [6.45, 7) is 4.95. The summed E-state index contributed by atoms with van der Waals surface area (Å²) < 4.78 is 4.71. The van der Waals surface area contributed by atoms with Crippen LogP contribution in [-0.2, 0) is 4.79 Å². The fraction of sp³-hybridized carbons (Fsp3) is 0.125. The van der Waals surface area contributed by atoms with E-state index in [1.54, 1.807) is 12.5 Å². The van der Waals surface area contributed by atoms with Crippen LogP contribution in [0.5, 0.6) is 0 Å². The molecule has 0 aromatic carbocycles. The maximum atomic E-state index is 9.25. The topological polar surface area (TPSA) is 50.4 Å². The minimum absolute atomic E-state index is 0. The van der Waals surface area contributed by atoms with Gasteiger partial charge in [-0.15, -0.1) is 12.4 Å². The summed E-state index contributed by atoms with van der Waals surface area (Å²) in [7, 11) is 0. The molecule has 1 aromatic heterocycles. The van der Waals surface area contributed by atoms with Crippen LogP contribution in [0.2, 0.25) is 0 Å². The molecule has 3 nitrogen and oxygen atoms in total. The van der Waals surface area contributed by atoms with Crippen LogP contribution in [0, 0.1) is 6.92 Å². The zero-order valence-electron chi connectivity index (χ0n) is 6.69. The van der Waals surface area contributed by atoms with Crippen molar-refractivity contribution in [3.8, 4) is 0 Å². The summed E-state index contributed by atoms with van der Waals surface area (Å²) in [5.74, 6) is -0.981. The van der Waals surface area contributed by atoms with Crippen LogP contribution in [0.1, 0.15) is 5.56 Å². The van der Waals surface area contributed by atoms with Crippen molar-refractivity contribution in [1.82, 2.24) is 0 Å². The number of carboxylic acids is 1. The van der Waals surface area contributed by atoms with Crippen molar-refractivity contribution < 1.29 is 14.3 Å². The number of carboxylic acid groups (broad SMARTS) is 1. The third-order valence-electron chi connectivity index (χ3n) is 0.838. The average molecular weight is 191 g/mol. The van der Waals surface area contributed by atoms with Crippen LogP contribution in [0.3, 0.4) is 0 Å². The molecule has 0 saturated carbocycles. The van der Waals surface area contributed by atoms with Gasteiger partial charge in [0.15, 0.2) is 0 Å². The van der Waals surface area contributed by atoms with Crippen molar-refractivity contribution in [2.45, 2.75) is 6.92 Å². The number of carbonyl (C=O) groups is 1. The van der Waals surface area contributed by atoms with Gasteiger partial charge in [0.05, 0.1) is 12.5 Å². The molecule has 0 bridgehead atoms. The Hall–Kier alpha value is -1.22. The van der Waals surface area contributed by atoms with Crippen LogP contribution in [-0.4, -0.2) is 11.1 Å². The third-order valence-corrected chi connectivity index (χ3v) is 0.838. The summed E-state index contributed by atoms with van der Waals surface area (Å²) in [6, 6.07) is 1.92. The molecule has 0 fully saturated rings. The van der Waals surface area contributed by atoms with E-state index in [9.17, 15) is 4.79 Å². The SMILES string of the molecule is C=CC(=O)O.Cc1ccoc1.Cl. The Kier molecular flexibility index (Phi) is 8.79. The van der Waals surface area contributed by atoms with Crippen molar-refractivity contribution in [2.24, 2.45) is 0 Å². The molecule has 0 atom stereocenters. The van der Waals surface area contributed by atoms with Crippen LogP contribution in [0.15, 0.2) is 35.7 Å². The Morgan fingerprint density at radius 3 is 2.33 bits per heavy atom. The van der Waals surface area contributed by atoms with Gasteiger partial charge in [0.1, 0.15) is 0 Å². The van der Waals surface area contributed by atoms with Gasteiger partial charge in [0.25, 0.3) is 0 Å². The molecule has 12 heavy (non-hydrogen) atoms. The highest BCUT2D eigenvalue weighted by molar-refractivity contribution is 5.85. The second kappa shape index (κ2) is 7.88. The highest BCUT2D eigenvalue weighted by Gasteiger charge is 1.75. The van der Waals surface area contributed by atoms with E-state index in [-0.39, 0.29) is 12.4 Å². The van der Waals surface area contributed by atoms with Crippen molar-refractivity contribution in [3.63, 3.8) is 0 Å². The molecule has 0 unspecified atom stereocenters. The predicted molar refractivity (Wildman–Crippen MR) is 48.5 cm³/mol. The molecule has 4 heteroatoms. The fourth-order valence-corrected chi connectivity index (χ4v) is 0.333. The Morgan fingerprint density at radius 2 is 2.25 bits per heavy atom. The second-order valence-corrected chi connectivity index (χ2v) is 1.84. The summed E-state index contributed by atoms with van der Waals surface area (Å²) in [5.41, 5.74) is 1.18. The van der Waals surface area contributed by atoms with Crippen LogP contribution >= 0.6 is 12.4 Å². The lowest BCUT2D eigenvalue weighted by Crippen LogP contribution is -1.82. The number of aliphatic carboxylic acids is 1. The predicted octanol–water partition coefficient (Wildman–Crippen LogP) is 2.27. The lowest BCUT2D eigenvalue weighted by atomic mass is 10.4. The van der Waals surface area contributed by atoms with Crippen LogP contribution in [0.25, 0.3) is 0 Å². The van der Waals surface area contributed by atoms with Crippen molar-refractivity contribution in [2.75, 3.05) is 0 Å². The first-order valence-corrected chi connectivity index (χ1v) is 3.01. The van der Waals surface area contributed by atoms with Crippen molar-refractivity contribution >= 4 is 18.4 Å². The molecule has 1 rings (SSSR count). The van der Waals surface area contributed by atoms with Gasteiger partial charge in [-0.3, -0.25) is 0 Å². The number of hydrogen-bond donors (Lipinski definition) is 1. The number of aryl methyl sites for hydroxylation is 1. The van der Waals surface area contributed by atoms with E-state index in [1.807, 2.05) is 13.0 Å². The average Bonchev–Trinajstić information content (AvgIpc) is 2.41. The molecule has 68 valence electrons. The van der Waals surface area contributed by atoms with Gasteiger partial charge in [-0.25, -0.2) is 4.79 Å². The van der Waals surface area contributed by atoms with E-state index in [4.69, 9.17) is 9.52 Å². The Labute approximate surface area is 77.1 Å². The summed E-state index contributed by atoms with van der Waals surface area (Å²) >= 11 is 0. The van der Waals surface area contributed by atoms with Gasteiger partial charge >= 0.3 is 5.97 Å². The summed E-state index contributed by atoms with van der Waals surface area (Å²) in [5, 5.41) is 7.60. The van der Waals surface area contributed by atoms with Crippen LogP contribution < -0.4 is 0 Å². The third kappa shape index (κ3) is 8.78. The molecule has 0 aliphatic heterocycles. The molecule has 0 aliphatic carbocycles. The first kappa shape index (κ1) is 13.4. The first-order chi connectivity index (χ1) is 5.16. The number of furan rings is 1. The molecular formula is C8H11ClO3. The van der Waals surface area contributed by atoms with E-state index in [0.717, 1.165) is 6.08 Å². The number of halogens is 1. The van der Waals surface area contributed by atoms with Crippen LogP contribution in [0.4, 0.5) is 0 Å². The standard InChI is InChI=1S/C5H6O.C3H4O2.ClH/c1-5-2-3-6-4-5;1-2-3(4)5;/h2-4H,1H3;2H,1H2,(H,4,5);1H. The highest BCUT2D eigenvalue weighted by atomic mass is 35.5. The maximum Gasteiger partial charge on any atom is 0.327 e. The van der Waals surface area contributed by atoms with E-state index in [0.29, 0.717) is 0 Å². The second-order valence-electron chi connectivity index (χ2n) is 1.84. The molecule has 0 radical (unpaired) electrons. The van der Waals surface area contributed by atoms with Gasteiger partial charge in [-0.2, -0.15) is 0 Å². The fourth-order valence-electron chi connectivity index (χ4n) is 0.333. The van der Waals surface area contributed by atoms with E-state index < -0.39 is 5.97 Å². The van der Waals surface area contributed by atoms with Gasteiger partial charge in [0, 0.05) is 6.08 Å². The minimum atomic E-state index is -0.981. The molecule has 0 aliphatic rings. The lowest BCUT2D eigenvalue weighted by molar-refractivity contribution is -0.131. The van der Waals surface area contributed by atoms with Crippen molar-refractivity contribution in [3.05, 3.63) is 36.8 Å². The van der Waals surface area contributed by atoms with Crippen molar-refractivity contribution in [1.29, 1.82) is 0 Å². The highest BCUT2D eigenvalue weighted by Crippen LogP contribution is 1.93. The lowest BCUT2D eigenvalue weighted by Gasteiger charge is -1.64. The molecule has 0 spiro atoms. The Balaban J connectivity index is 0. The van der Waals surface area contributed by atoms with E-state index in [1.165, 1.54) is 5.56 Å². The maximum absolute atomic E-state index is 9.25. The number of hydrogen-bond acceptors (Lipinski definition) is 2. The largest absolute Gasteiger partial charge is 0.478 e. The van der Waals surface area contributed by atoms with Gasteiger partial charge < -0.3 is 9.52 Å². The molecule has 1 heterocycles. The molecule has 0 amide bonds. The minimum Gasteiger partial charge on any atom is -0.478 e. The molecule has 1 aromatic rings. The van der Waals surface area contributed by atoms with Gasteiger partial charge in [-0.1, -0.05) is 6.58 Å². The van der Waals surface area contributed by atoms with Gasteiger partial charge in [-0.05, 0) is 18.6 Å². The normalized spacial score (nSPS) is 7.08. The Bertz CT molecular complexity index is 216. The molecule has 0 saturated heterocycles. The summed E-state index contributed by atoms with van der Waals surface area (Å²) in [4.78, 5) is 9.25. The van der Waals surface area contributed by atoms with E-state index >= 15 is 0 Å². The first-order valence-electron chi connectivity index (χ1n) is 3.01. The zero-order chi connectivity index (χ0) is 8.69. The number of rotatable bonds is 1. The zero-order valence-corrected chi connectivity index (χ0v) is 7.50. The summed E-state index contributed by atoms with van der Waals surface area (Å²) in [6.07, 6.45) is 4.20. The van der Waals surface area contributed by atoms with Gasteiger partial charge in [0.2, 0.25) is 0 Å². The smallest absolute Gasteiger partial charge is 0.327 e. The quantitative estimate of drug-likeness (QED) is 0.692.